The van der Waals surface area contributed by atoms with Gasteiger partial charge in [-0.05, 0) is 26.2 Å². The zero-order valence-corrected chi connectivity index (χ0v) is 7.89. The Morgan fingerprint density at radius 1 is 1.58 bits per heavy atom. The summed E-state index contributed by atoms with van der Waals surface area (Å²) >= 11 is 0. The van der Waals surface area contributed by atoms with E-state index in [0.717, 1.165) is 6.42 Å². The van der Waals surface area contributed by atoms with E-state index in [2.05, 4.69) is 17.6 Å². The zero-order chi connectivity index (χ0) is 8.97. The quantitative estimate of drug-likeness (QED) is 0.636. The molecule has 1 aliphatic rings. The molecule has 0 aliphatic heterocycles. The number of rotatable bonds is 5. The molecule has 0 heterocycles. The minimum atomic E-state index is 0.122. The molecule has 3 nitrogen and oxygen atoms in total. The summed E-state index contributed by atoms with van der Waals surface area (Å²) in [5.41, 5.74) is 0. The van der Waals surface area contributed by atoms with Crippen LogP contribution in [0.1, 0.15) is 33.1 Å². The van der Waals surface area contributed by atoms with Crippen LogP contribution in [0, 0.1) is 0 Å². The number of nitrogens with one attached hydrogen (secondary N) is 2. The fraction of sp³-hybridized carbons (Fsp3) is 0.889. The van der Waals surface area contributed by atoms with E-state index in [1.54, 1.807) is 0 Å². The van der Waals surface area contributed by atoms with Crippen molar-refractivity contribution in [1.82, 2.24) is 10.6 Å². The SMILES string of the molecule is CCC(C)NC(=O)CNC1CC1. The molecule has 12 heavy (non-hydrogen) atoms. The second-order valence-electron chi connectivity index (χ2n) is 3.53. The second kappa shape index (κ2) is 4.45. The lowest BCUT2D eigenvalue weighted by molar-refractivity contribution is -0.120. The van der Waals surface area contributed by atoms with Crippen molar-refractivity contribution in [2.75, 3.05) is 6.54 Å². The van der Waals surface area contributed by atoms with Gasteiger partial charge in [0.1, 0.15) is 0 Å². The van der Waals surface area contributed by atoms with Crippen LogP contribution >= 0.6 is 0 Å². The van der Waals surface area contributed by atoms with Crippen molar-refractivity contribution < 1.29 is 4.79 Å². The maximum absolute atomic E-state index is 11.2. The Hall–Kier alpha value is -0.570. The molecular formula is C9H18N2O. The fourth-order valence-corrected chi connectivity index (χ4v) is 0.952. The Morgan fingerprint density at radius 2 is 2.25 bits per heavy atom. The van der Waals surface area contributed by atoms with Gasteiger partial charge in [0.05, 0.1) is 6.54 Å². The van der Waals surface area contributed by atoms with Crippen LogP contribution in [0.2, 0.25) is 0 Å². The van der Waals surface area contributed by atoms with Gasteiger partial charge < -0.3 is 10.6 Å². The second-order valence-corrected chi connectivity index (χ2v) is 3.53. The van der Waals surface area contributed by atoms with Gasteiger partial charge in [0, 0.05) is 12.1 Å². The molecule has 1 aliphatic carbocycles. The minimum absolute atomic E-state index is 0.122. The first kappa shape index (κ1) is 9.52. The monoisotopic (exact) mass is 170 g/mol. The van der Waals surface area contributed by atoms with Gasteiger partial charge in [-0.15, -0.1) is 0 Å². The van der Waals surface area contributed by atoms with E-state index in [1.165, 1.54) is 12.8 Å². The van der Waals surface area contributed by atoms with Crippen LogP contribution in [0.3, 0.4) is 0 Å². The van der Waals surface area contributed by atoms with E-state index in [0.29, 0.717) is 18.6 Å². The Labute approximate surface area is 73.9 Å². The molecule has 70 valence electrons. The number of hydrogen-bond donors (Lipinski definition) is 2. The standard InChI is InChI=1S/C9H18N2O/c1-3-7(2)11-9(12)6-10-8-4-5-8/h7-8,10H,3-6H2,1-2H3,(H,11,12). The van der Waals surface area contributed by atoms with Gasteiger partial charge in [-0.3, -0.25) is 4.79 Å². The van der Waals surface area contributed by atoms with Gasteiger partial charge in [0.15, 0.2) is 0 Å². The molecule has 1 atom stereocenters. The lowest BCUT2D eigenvalue weighted by Crippen LogP contribution is -2.39. The highest BCUT2D eigenvalue weighted by Gasteiger charge is 2.21. The third-order valence-corrected chi connectivity index (χ3v) is 2.15. The Balaban J connectivity index is 2.01. The van der Waals surface area contributed by atoms with Gasteiger partial charge >= 0.3 is 0 Å². The summed E-state index contributed by atoms with van der Waals surface area (Å²) < 4.78 is 0. The largest absolute Gasteiger partial charge is 0.353 e. The molecule has 0 radical (unpaired) electrons. The van der Waals surface area contributed by atoms with Gasteiger partial charge in [-0.25, -0.2) is 0 Å². The van der Waals surface area contributed by atoms with Gasteiger partial charge in [0.2, 0.25) is 5.91 Å². The zero-order valence-electron chi connectivity index (χ0n) is 7.89. The van der Waals surface area contributed by atoms with Gasteiger partial charge in [0.25, 0.3) is 0 Å². The Bertz CT molecular complexity index is 155. The highest BCUT2D eigenvalue weighted by Crippen LogP contribution is 2.17. The van der Waals surface area contributed by atoms with E-state index in [4.69, 9.17) is 0 Å². The molecule has 0 aromatic heterocycles. The molecule has 0 aromatic carbocycles. The van der Waals surface area contributed by atoms with Crippen LogP contribution in [0.15, 0.2) is 0 Å². The third-order valence-electron chi connectivity index (χ3n) is 2.15. The topological polar surface area (TPSA) is 41.1 Å². The summed E-state index contributed by atoms with van der Waals surface area (Å²) in [5, 5.41) is 6.09. The molecule has 0 aromatic rings. The molecule has 0 saturated heterocycles. The van der Waals surface area contributed by atoms with E-state index < -0.39 is 0 Å². The average Bonchev–Trinajstić information content (AvgIpc) is 2.83. The van der Waals surface area contributed by atoms with Crippen LogP contribution in [-0.4, -0.2) is 24.5 Å². The predicted molar refractivity (Wildman–Crippen MR) is 48.9 cm³/mol. The highest BCUT2D eigenvalue weighted by atomic mass is 16.1. The first-order valence-corrected chi connectivity index (χ1v) is 4.75. The first-order chi connectivity index (χ1) is 5.72. The van der Waals surface area contributed by atoms with Crippen molar-refractivity contribution in [3.8, 4) is 0 Å². The molecule has 1 amide bonds. The molecule has 0 bridgehead atoms. The maximum atomic E-state index is 11.2. The lowest BCUT2D eigenvalue weighted by atomic mass is 10.2. The van der Waals surface area contributed by atoms with Crippen molar-refractivity contribution in [2.24, 2.45) is 0 Å². The third kappa shape index (κ3) is 3.72. The summed E-state index contributed by atoms with van der Waals surface area (Å²) in [4.78, 5) is 11.2. The van der Waals surface area contributed by atoms with Crippen LogP contribution in [-0.2, 0) is 4.79 Å². The summed E-state index contributed by atoms with van der Waals surface area (Å²) in [6.07, 6.45) is 3.46. The average molecular weight is 170 g/mol. The van der Waals surface area contributed by atoms with Crippen LogP contribution < -0.4 is 10.6 Å². The van der Waals surface area contributed by atoms with Gasteiger partial charge in [-0.1, -0.05) is 6.92 Å². The summed E-state index contributed by atoms with van der Waals surface area (Å²) in [6.45, 7) is 4.57. The van der Waals surface area contributed by atoms with E-state index in [-0.39, 0.29) is 5.91 Å². The molecule has 0 spiro atoms. The summed E-state index contributed by atoms with van der Waals surface area (Å²) in [6, 6.07) is 0.922. The number of carbonyl (C=O) groups is 1. The lowest BCUT2D eigenvalue weighted by Gasteiger charge is -2.11. The maximum Gasteiger partial charge on any atom is 0.234 e. The summed E-state index contributed by atoms with van der Waals surface area (Å²) in [5.74, 6) is 0.122. The first-order valence-electron chi connectivity index (χ1n) is 4.75. The van der Waals surface area contributed by atoms with Crippen molar-refractivity contribution in [2.45, 2.75) is 45.2 Å². The fourth-order valence-electron chi connectivity index (χ4n) is 0.952. The molecule has 3 heteroatoms. The molecular weight excluding hydrogens is 152 g/mol. The van der Waals surface area contributed by atoms with Crippen molar-refractivity contribution in [3.05, 3.63) is 0 Å². The molecule has 1 unspecified atom stereocenters. The summed E-state index contributed by atoms with van der Waals surface area (Å²) in [7, 11) is 0. The number of carbonyl (C=O) groups excluding carboxylic acids is 1. The Kier molecular flexibility index (Phi) is 3.53. The smallest absolute Gasteiger partial charge is 0.234 e. The van der Waals surface area contributed by atoms with Crippen LogP contribution in [0.4, 0.5) is 0 Å². The molecule has 1 fully saturated rings. The molecule has 1 saturated carbocycles. The number of hydrogen-bond acceptors (Lipinski definition) is 2. The van der Waals surface area contributed by atoms with Crippen molar-refractivity contribution in [3.63, 3.8) is 0 Å². The predicted octanol–water partition coefficient (Wildman–Crippen LogP) is 0.653. The Morgan fingerprint density at radius 3 is 2.75 bits per heavy atom. The van der Waals surface area contributed by atoms with E-state index in [9.17, 15) is 4.79 Å². The van der Waals surface area contributed by atoms with E-state index in [1.807, 2.05) is 6.92 Å². The molecule has 1 rings (SSSR count). The van der Waals surface area contributed by atoms with Crippen LogP contribution in [0.25, 0.3) is 0 Å². The van der Waals surface area contributed by atoms with E-state index >= 15 is 0 Å². The normalized spacial score (nSPS) is 18.8. The van der Waals surface area contributed by atoms with Gasteiger partial charge in [-0.2, -0.15) is 0 Å². The number of amides is 1. The van der Waals surface area contributed by atoms with Crippen molar-refractivity contribution in [1.29, 1.82) is 0 Å². The van der Waals surface area contributed by atoms with Crippen LogP contribution in [0.5, 0.6) is 0 Å². The minimum Gasteiger partial charge on any atom is -0.353 e. The highest BCUT2D eigenvalue weighted by molar-refractivity contribution is 5.78. The van der Waals surface area contributed by atoms with Crippen molar-refractivity contribution >= 4 is 5.91 Å². The molecule has 2 N–H and O–H groups in total.